The quantitative estimate of drug-likeness (QED) is 0.820. The lowest BCUT2D eigenvalue weighted by Gasteiger charge is -2.04. The van der Waals surface area contributed by atoms with E-state index in [1.54, 1.807) is 23.8 Å². The molecular formula is C11H7FN2OS. The second-order valence-electron chi connectivity index (χ2n) is 3.01. The minimum absolute atomic E-state index is 0.0186. The molecule has 0 aliphatic heterocycles. The molecule has 0 bridgehead atoms. The summed E-state index contributed by atoms with van der Waals surface area (Å²) in [7, 11) is 0. The van der Waals surface area contributed by atoms with E-state index < -0.39 is 5.82 Å². The highest BCUT2D eigenvalue weighted by Gasteiger charge is 2.03. The van der Waals surface area contributed by atoms with E-state index in [2.05, 4.69) is 4.98 Å². The van der Waals surface area contributed by atoms with E-state index >= 15 is 0 Å². The molecule has 5 heteroatoms. The molecule has 0 aliphatic carbocycles. The van der Waals surface area contributed by atoms with Gasteiger partial charge in [0.1, 0.15) is 24.2 Å². The van der Waals surface area contributed by atoms with E-state index in [0.29, 0.717) is 12.4 Å². The number of aromatic nitrogens is 1. The lowest BCUT2D eigenvalue weighted by Crippen LogP contribution is -1.94. The third-order valence-corrected chi connectivity index (χ3v) is 2.68. The SMILES string of the molecule is N#Cc1ccc(OCc2cncs2)cc1F. The summed E-state index contributed by atoms with van der Waals surface area (Å²) in [5.41, 5.74) is 1.73. The lowest BCUT2D eigenvalue weighted by molar-refractivity contribution is 0.308. The molecule has 2 aromatic rings. The average molecular weight is 234 g/mol. The first-order valence-corrected chi connectivity index (χ1v) is 5.37. The molecule has 1 aromatic heterocycles. The Morgan fingerprint density at radius 3 is 3.00 bits per heavy atom. The summed E-state index contributed by atoms with van der Waals surface area (Å²) >= 11 is 1.47. The summed E-state index contributed by atoms with van der Waals surface area (Å²) < 4.78 is 18.6. The van der Waals surface area contributed by atoms with Gasteiger partial charge in [-0.1, -0.05) is 0 Å². The van der Waals surface area contributed by atoms with Crippen LogP contribution >= 0.6 is 11.3 Å². The fraction of sp³-hybridized carbons (Fsp3) is 0.0909. The first-order chi connectivity index (χ1) is 7.79. The van der Waals surface area contributed by atoms with E-state index in [-0.39, 0.29) is 5.56 Å². The zero-order valence-electron chi connectivity index (χ0n) is 8.18. The van der Waals surface area contributed by atoms with Gasteiger partial charge in [-0.3, -0.25) is 4.98 Å². The summed E-state index contributed by atoms with van der Waals surface area (Å²) in [4.78, 5) is 4.86. The number of ether oxygens (including phenoxy) is 1. The van der Waals surface area contributed by atoms with Crippen molar-refractivity contribution in [1.82, 2.24) is 4.98 Å². The van der Waals surface area contributed by atoms with E-state index in [1.807, 2.05) is 0 Å². The molecule has 0 fully saturated rings. The zero-order chi connectivity index (χ0) is 11.4. The Bertz CT molecular complexity index is 519. The smallest absolute Gasteiger partial charge is 0.144 e. The van der Waals surface area contributed by atoms with Gasteiger partial charge in [0, 0.05) is 12.3 Å². The molecule has 0 atom stereocenters. The molecule has 0 aliphatic rings. The molecular weight excluding hydrogens is 227 g/mol. The molecule has 0 spiro atoms. The van der Waals surface area contributed by atoms with Crippen LogP contribution in [-0.4, -0.2) is 4.98 Å². The normalized spacial score (nSPS) is 9.75. The van der Waals surface area contributed by atoms with Gasteiger partial charge in [-0.15, -0.1) is 11.3 Å². The second kappa shape index (κ2) is 4.73. The summed E-state index contributed by atoms with van der Waals surface area (Å²) in [6.07, 6.45) is 1.70. The van der Waals surface area contributed by atoms with Crippen LogP contribution in [0, 0.1) is 17.1 Å². The van der Waals surface area contributed by atoms with Crippen molar-refractivity contribution < 1.29 is 9.13 Å². The Balaban J connectivity index is 2.06. The Hall–Kier alpha value is -1.93. The molecule has 16 heavy (non-hydrogen) atoms. The summed E-state index contributed by atoms with van der Waals surface area (Å²) in [5.74, 6) is -0.158. The molecule has 0 saturated carbocycles. The van der Waals surface area contributed by atoms with Gasteiger partial charge < -0.3 is 4.74 Å². The number of nitrogens with zero attached hydrogens (tertiary/aromatic N) is 2. The summed E-state index contributed by atoms with van der Waals surface area (Å²) in [6.45, 7) is 0.357. The van der Waals surface area contributed by atoms with Crippen molar-refractivity contribution in [2.24, 2.45) is 0 Å². The van der Waals surface area contributed by atoms with Crippen LogP contribution in [0.2, 0.25) is 0 Å². The number of thiazole rings is 1. The first kappa shape index (κ1) is 10.6. The van der Waals surface area contributed by atoms with Crippen molar-refractivity contribution in [2.75, 3.05) is 0 Å². The number of rotatable bonds is 3. The van der Waals surface area contributed by atoms with Gasteiger partial charge in [-0.2, -0.15) is 5.26 Å². The van der Waals surface area contributed by atoms with Gasteiger partial charge in [0.15, 0.2) is 0 Å². The van der Waals surface area contributed by atoms with Crippen LogP contribution in [0.15, 0.2) is 29.9 Å². The van der Waals surface area contributed by atoms with Gasteiger partial charge in [-0.05, 0) is 12.1 Å². The highest BCUT2D eigenvalue weighted by atomic mass is 32.1. The predicted octanol–water partition coefficient (Wildman–Crippen LogP) is 2.73. The van der Waals surface area contributed by atoms with Crippen LogP contribution < -0.4 is 4.74 Å². The molecule has 1 aromatic carbocycles. The molecule has 3 nitrogen and oxygen atoms in total. The fourth-order valence-corrected chi connectivity index (χ4v) is 1.65. The molecule has 80 valence electrons. The third-order valence-electron chi connectivity index (χ3n) is 1.93. The van der Waals surface area contributed by atoms with Gasteiger partial charge in [0.05, 0.1) is 16.0 Å². The molecule has 0 radical (unpaired) electrons. The van der Waals surface area contributed by atoms with Crippen LogP contribution in [0.25, 0.3) is 0 Å². The average Bonchev–Trinajstić information content (AvgIpc) is 2.79. The number of hydrogen-bond donors (Lipinski definition) is 0. The molecule has 0 unspecified atom stereocenters. The molecule has 0 amide bonds. The van der Waals surface area contributed by atoms with Crippen molar-refractivity contribution in [1.29, 1.82) is 5.26 Å². The molecule has 0 saturated heterocycles. The van der Waals surface area contributed by atoms with Crippen molar-refractivity contribution in [3.63, 3.8) is 0 Å². The lowest BCUT2D eigenvalue weighted by atomic mass is 10.2. The van der Waals surface area contributed by atoms with Crippen molar-refractivity contribution in [3.05, 3.63) is 46.2 Å². The minimum atomic E-state index is -0.565. The number of halogens is 1. The maximum atomic E-state index is 13.2. The molecule has 0 N–H and O–H groups in total. The minimum Gasteiger partial charge on any atom is -0.488 e. The van der Waals surface area contributed by atoms with Gasteiger partial charge in [-0.25, -0.2) is 4.39 Å². The number of benzene rings is 1. The predicted molar refractivity (Wildman–Crippen MR) is 57.6 cm³/mol. The monoisotopic (exact) mass is 234 g/mol. The van der Waals surface area contributed by atoms with Crippen molar-refractivity contribution in [3.8, 4) is 11.8 Å². The topological polar surface area (TPSA) is 45.9 Å². The third kappa shape index (κ3) is 2.35. The first-order valence-electron chi connectivity index (χ1n) is 4.49. The van der Waals surface area contributed by atoms with Crippen LogP contribution in [0.4, 0.5) is 4.39 Å². The van der Waals surface area contributed by atoms with Crippen molar-refractivity contribution >= 4 is 11.3 Å². The number of hydrogen-bond acceptors (Lipinski definition) is 4. The summed E-state index contributed by atoms with van der Waals surface area (Å²) in [5, 5.41) is 8.55. The largest absolute Gasteiger partial charge is 0.488 e. The van der Waals surface area contributed by atoms with E-state index in [9.17, 15) is 4.39 Å². The standard InChI is InChI=1S/C11H7FN2OS/c12-11-3-9(2-1-8(11)4-13)15-6-10-5-14-7-16-10/h1-3,5,7H,6H2. The van der Waals surface area contributed by atoms with E-state index in [0.717, 1.165) is 4.88 Å². The van der Waals surface area contributed by atoms with Crippen LogP contribution in [0.5, 0.6) is 5.75 Å². The van der Waals surface area contributed by atoms with Crippen LogP contribution in [0.1, 0.15) is 10.4 Å². The number of nitriles is 1. The van der Waals surface area contributed by atoms with Crippen molar-refractivity contribution in [2.45, 2.75) is 6.61 Å². The molecule has 2 rings (SSSR count). The maximum absolute atomic E-state index is 13.2. The van der Waals surface area contributed by atoms with E-state index in [4.69, 9.17) is 10.00 Å². The van der Waals surface area contributed by atoms with Gasteiger partial charge in [0.2, 0.25) is 0 Å². The van der Waals surface area contributed by atoms with Crippen LogP contribution in [-0.2, 0) is 6.61 Å². The second-order valence-corrected chi connectivity index (χ2v) is 3.98. The zero-order valence-corrected chi connectivity index (χ0v) is 9.00. The highest BCUT2D eigenvalue weighted by Crippen LogP contribution is 2.18. The Kier molecular flexibility index (Phi) is 3.13. The Morgan fingerprint density at radius 2 is 2.38 bits per heavy atom. The Labute approximate surface area is 95.8 Å². The van der Waals surface area contributed by atoms with Gasteiger partial charge in [0.25, 0.3) is 0 Å². The molecule has 1 heterocycles. The van der Waals surface area contributed by atoms with Crippen LogP contribution in [0.3, 0.4) is 0 Å². The fourth-order valence-electron chi connectivity index (χ4n) is 1.14. The van der Waals surface area contributed by atoms with Gasteiger partial charge >= 0.3 is 0 Å². The maximum Gasteiger partial charge on any atom is 0.144 e. The highest BCUT2D eigenvalue weighted by molar-refractivity contribution is 7.09. The van der Waals surface area contributed by atoms with E-state index in [1.165, 1.54) is 23.5 Å². The Morgan fingerprint density at radius 1 is 1.50 bits per heavy atom. The summed E-state index contributed by atoms with van der Waals surface area (Å²) in [6, 6.07) is 5.93.